The van der Waals surface area contributed by atoms with E-state index in [1.807, 2.05) is 0 Å². The Kier molecular flexibility index (Phi) is 8.28. The van der Waals surface area contributed by atoms with Crippen molar-refractivity contribution in [3.63, 3.8) is 0 Å². The third kappa shape index (κ3) is 6.05. The Morgan fingerprint density at radius 3 is 1.65 bits per heavy atom. The Hall–Kier alpha value is -1.24. The summed E-state index contributed by atoms with van der Waals surface area (Å²) in [5.41, 5.74) is 0. The van der Waals surface area contributed by atoms with E-state index in [1.54, 1.807) is 12.2 Å². The summed E-state index contributed by atoms with van der Waals surface area (Å²) in [7, 11) is 0. The van der Waals surface area contributed by atoms with Gasteiger partial charge in [-0.3, -0.25) is 0 Å². The lowest BCUT2D eigenvalue weighted by molar-refractivity contribution is 0.208. The van der Waals surface area contributed by atoms with Gasteiger partial charge in [0.2, 0.25) is 12.2 Å². The topological polar surface area (TPSA) is 58.9 Å². The van der Waals surface area contributed by atoms with Crippen LogP contribution in [0.2, 0.25) is 0 Å². The maximum Gasteiger partial charge on any atom is 0.234 e. The van der Waals surface area contributed by atoms with Gasteiger partial charge in [-0.05, 0) is 55.8 Å². The molecule has 0 radical (unpaired) electrons. The molecule has 0 amide bonds. The fourth-order valence-corrected chi connectivity index (χ4v) is 4.95. The second-order valence-corrected chi connectivity index (χ2v) is 7.40. The third-order valence-corrected chi connectivity index (χ3v) is 5.91. The first-order chi connectivity index (χ1) is 11.3. The van der Waals surface area contributed by atoms with Gasteiger partial charge in [0, 0.05) is 0 Å². The number of rotatable bonds is 12. The minimum Gasteiger partial charge on any atom is -0.211 e. The van der Waals surface area contributed by atoms with E-state index < -0.39 is 0 Å². The van der Waals surface area contributed by atoms with Gasteiger partial charge in [0.25, 0.3) is 0 Å². The Morgan fingerprint density at radius 1 is 0.696 bits per heavy atom. The van der Waals surface area contributed by atoms with E-state index in [1.165, 1.54) is 57.8 Å². The van der Waals surface area contributed by atoms with Crippen LogP contribution in [0.1, 0.15) is 70.6 Å². The van der Waals surface area contributed by atoms with Crippen molar-refractivity contribution in [1.82, 2.24) is 0 Å². The van der Waals surface area contributed by atoms with Gasteiger partial charge in [0.05, 0.1) is 13.1 Å². The minimum atomic E-state index is 0.650. The largest absolute Gasteiger partial charge is 0.234 e. The Labute approximate surface area is 139 Å². The maximum absolute atomic E-state index is 10.0. The fraction of sp³-hybridized carbons (Fsp3) is 0.895. The summed E-state index contributed by atoms with van der Waals surface area (Å²) in [5.74, 6) is 3.87. The van der Waals surface area contributed by atoms with Gasteiger partial charge in [0.15, 0.2) is 0 Å². The fourth-order valence-electron chi connectivity index (χ4n) is 4.95. The van der Waals surface area contributed by atoms with Gasteiger partial charge >= 0.3 is 0 Å². The number of unbranched alkanes of at least 4 members (excludes halogenated alkanes) is 4. The van der Waals surface area contributed by atoms with Crippen LogP contribution in [0.15, 0.2) is 9.98 Å². The first kappa shape index (κ1) is 18.1. The van der Waals surface area contributed by atoms with Crippen LogP contribution >= 0.6 is 0 Å². The number of isocyanates is 2. The summed E-state index contributed by atoms with van der Waals surface area (Å²) >= 11 is 0. The number of aliphatic imine (C=N–C) groups is 2. The lowest BCUT2D eigenvalue weighted by Crippen LogP contribution is -2.20. The lowest BCUT2D eigenvalue weighted by Gasteiger charge is -2.29. The Morgan fingerprint density at radius 2 is 1.22 bits per heavy atom. The predicted octanol–water partition coefficient (Wildman–Crippen LogP) is 4.44. The summed E-state index contributed by atoms with van der Waals surface area (Å²) in [6.45, 7) is 1.30. The highest BCUT2D eigenvalue weighted by molar-refractivity contribution is 5.32. The number of hydrogen-bond acceptors (Lipinski definition) is 4. The Balaban J connectivity index is 1.58. The van der Waals surface area contributed by atoms with Crippen molar-refractivity contribution in [1.29, 1.82) is 0 Å². The molecule has 2 fully saturated rings. The SMILES string of the molecule is O=C=NCCCCCC1CC2CC(CCCCCN=C=O)C1C2. The monoisotopic (exact) mass is 318 g/mol. The van der Waals surface area contributed by atoms with Gasteiger partial charge in [-0.25, -0.2) is 19.6 Å². The molecule has 2 saturated carbocycles. The molecule has 0 aliphatic heterocycles. The van der Waals surface area contributed by atoms with E-state index in [-0.39, 0.29) is 0 Å². The van der Waals surface area contributed by atoms with E-state index in [2.05, 4.69) is 9.98 Å². The van der Waals surface area contributed by atoms with E-state index in [0.29, 0.717) is 13.1 Å². The summed E-state index contributed by atoms with van der Waals surface area (Å²) < 4.78 is 0. The van der Waals surface area contributed by atoms with Crippen LogP contribution in [0, 0.1) is 23.7 Å². The standard InChI is InChI=1S/C19H30N2O2/c22-14-20-9-5-1-3-7-17-11-16-12-18(19(17)13-16)8-4-2-6-10-21-15-23/h16-19H,1-13H2. The van der Waals surface area contributed by atoms with Gasteiger partial charge < -0.3 is 0 Å². The maximum atomic E-state index is 10.0. The molecule has 0 aromatic carbocycles. The van der Waals surface area contributed by atoms with Gasteiger partial charge in [-0.1, -0.05) is 38.5 Å². The number of hydrogen-bond donors (Lipinski definition) is 0. The molecule has 4 nitrogen and oxygen atoms in total. The van der Waals surface area contributed by atoms with Gasteiger partial charge in [0.1, 0.15) is 0 Å². The molecule has 4 heteroatoms. The molecule has 0 aromatic rings. The first-order valence-corrected chi connectivity index (χ1v) is 9.42. The average Bonchev–Trinajstić information content (AvgIpc) is 3.14. The molecule has 2 aliphatic carbocycles. The Bertz CT molecular complexity index is 401. The van der Waals surface area contributed by atoms with Crippen LogP contribution in [0.4, 0.5) is 0 Å². The van der Waals surface area contributed by atoms with Crippen LogP contribution in [-0.4, -0.2) is 25.2 Å². The molecule has 2 unspecified atom stereocenters. The van der Waals surface area contributed by atoms with E-state index in [4.69, 9.17) is 0 Å². The van der Waals surface area contributed by atoms with Crippen molar-refractivity contribution in [3.8, 4) is 0 Å². The van der Waals surface area contributed by atoms with Crippen molar-refractivity contribution in [3.05, 3.63) is 0 Å². The van der Waals surface area contributed by atoms with Gasteiger partial charge in [-0.2, -0.15) is 0 Å². The number of nitrogens with zero attached hydrogens (tertiary/aromatic N) is 2. The van der Waals surface area contributed by atoms with Crippen molar-refractivity contribution in [2.24, 2.45) is 33.7 Å². The molecule has 2 atom stereocenters. The molecular weight excluding hydrogens is 288 g/mol. The molecule has 0 spiro atoms. The highest BCUT2D eigenvalue weighted by atomic mass is 16.1. The van der Waals surface area contributed by atoms with Crippen molar-refractivity contribution in [2.75, 3.05) is 13.1 Å². The molecular formula is C19H30N2O2. The van der Waals surface area contributed by atoms with Crippen molar-refractivity contribution < 1.29 is 9.59 Å². The summed E-state index contributed by atoms with van der Waals surface area (Å²) in [4.78, 5) is 27.3. The highest BCUT2D eigenvalue weighted by Gasteiger charge is 2.44. The zero-order valence-electron chi connectivity index (χ0n) is 14.2. The molecule has 2 bridgehead atoms. The lowest BCUT2D eigenvalue weighted by atomic mass is 9.76. The number of carbonyl (C=O) groups excluding carboxylic acids is 2. The molecule has 23 heavy (non-hydrogen) atoms. The number of fused-ring (bicyclic) bond motifs is 2. The molecule has 2 rings (SSSR count). The zero-order valence-corrected chi connectivity index (χ0v) is 14.2. The second kappa shape index (κ2) is 10.5. The van der Waals surface area contributed by atoms with E-state index in [9.17, 15) is 9.59 Å². The highest BCUT2D eigenvalue weighted by Crippen LogP contribution is 2.54. The smallest absolute Gasteiger partial charge is 0.211 e. The normalized spacial score (nSPS) is 28.3. The average molecular weight is 318 g/mol. The molecule has 128 valence electrons. The molecule has 0 aromatic heterocycles. The van der Waals surface area contributed by atoms with E-state index >= 15 is 0 Å². The molecule has 0 saturated heterocycles. The quantitative estimate of drug-likeness (QED) is 0.303. The van der Waals surface area contributed by atoms with Crippen LogP contribution < -0.4 is 0 Å². The van der Waals surface area contributed by atoms with Crippen LogP contribution in [-0.2, 0) is 9.59 Å². The molecule has 2 aliphatic rings. The molecule has 0 heterocycles. The second-order valence-electron chi connectivity index (χ2n) is 7.40. The zero-order chi connectivity index (χ0) is 16.3. The van der Waals surface area contributed by atoms with Crippen LogP contribution in [0.25, 0.3) is 0 Å². The predicted molar refractivity (Wildman–Crippen MR) is 90.7 cm³/mol. The van der Waals surface area contributed by atoms with Crippen molar-refractivity contribution in [2.45, 2.75) is 70.6 Å². The van der Waals surface area contributed by atoms with Crippen molar-refractivity contribution >= 4 is 12.2 Å². The van der Waals surface area contributed by atoms with E-state index in [0.717, 1.165) is 36.5 Å². The van der Waals surface area contributed by atoms with Crippen LogP contribution in [0.3, 0.4) is 0 Å². The minimum absolute atomic E-state index is 0.650. The summed E-state index contributed by atoms with van der Waals surface area (Å²) in [6.07, 6.45) is 17.4. The summed E-state index contributed by atoms with van der Waals surface area (Å²) in [5, 5.41) is 0. The van der Waals surface area contributed by atoms with Gasteiger partial charge in [-0.15, -0.1) is 0 Å². The van der Waals surface area contributed by atoms with Crippen LogP contribution in [0.5, 0.6) is 0 Å². The first-order valence-electron chi connectivity index (χ1n) is 9.42. The molecule has 0 N–H and O–H groups in total. The third-order valence-electron chi connectivity index (χ3n) is 5.91. The summed E-state index contributed by atoms with van der Waals surface area (Å²) in [6, 6.07) is 0.